The molecule has 3 rings (SSSR count). The predicted octanol–water partition coefficient (Wildman–Crippen LogP) is 2.84. The molecule has 4 nitrogen and oxygen atoms in total. The Labute approximate surface area is 151 Å². The Bertz CT molecular complexity index is 709. The summed E-state index contributed by atoms with van der Waals surface area (Å²) in [4.78, 5) is 17.2. The summed E-state index contributed by atoms with van der Waals surface area (Å²) in [5.74, 6) is -0.237. The van der Waals surface area contributed by atoms with Crippen molar-refractivity contribution in [3.63, 3.8) is 0 Å². The third-order valence-corrected chi connectivity index (χ3v) is 5.07. The highest BCUT2D eigenvalue weighted by Crippen LogP contribution is 2.19. The van der Waals surface area contributed by atoms with Gasteiger partial charge in [-0.15, -0.1) is 11.3 Å². The van der Waals surface area contributed by atoms with Crippen molar-refractivity contribution < 1.29 is 9.18 Å². The fourth-order valence-electron chi connectivity index (χ4n) is 2.86. The molecule has 1 amide bonds. The van der Waals surface area contributed by atoms with E-state index in [1.165, 1.54) is 6.07 Å². The second-order valence-electron chi connectivity index (χ2n) is 5.92. The minimum Gasteiger partial charge on any atom is -0.367 e. The molecule has 25 heavy (non-hydrogen) atoms. The molecule has 1 fully saturated rings. The number of para-hydroxylation sites is 1. The van der Waals surface area contributed by atoms with E-state index in [0.717, 1.165) is 37.6 Å². The molecule has 1 saturated heterocycles. The Morgan fingerprint density at radius 3 is 2.68 bits per heavy atom. The van der Waals surface area contributed by atoms with Gasteiger partial charge in [-0.05, 0) is 29.7 Å². The summed E-state index contributed by atoms with van der Waals surface area (Å²) in [5.41, 5.74) is 0.675. The maximum Gasteiger partial charge on any atom is 0.244 e. The smallest absolute Gasteiger partial charge is 0.244 e. The Hall–Kier alpha value is -2.18. The predicted molar refractivity (Wildman–Crippen MR) is 101 cm³/mol. The summed E-state index contributed by atoms with van der Waals surface area (Å²) >= 11 is 1.60. The zero-order valence-corrected chi connectivity index (χ0v) is 14.8. The van der Waals surface area contributed by atoms with E-state index in [0.29, 0.717) is 12.2 Å². The van der Waals surface area contributed by atoms with E-state index in [9.17, 15) is 9.18 Å². The maximum absolute atomic E-state index is 13.8. The quantitative estimate of drug-likeness (QED) is 0.806. The summed E-state index contributed by atoms with van der Waals surface area (Å²) in [7, 11) is 0. The van der Waals surface area contributed by atoms with Gasteiger partial charge in [0.1, 0.15) is 5.82 Å². The highest BCUT2D eigenvalue weighted by atomic mass is 32.1. The van der Waals surface area contributed by atoms with Crippen LogP contribution in [0.2, 0.25) is 0 Å². The van der Waals surface area contributed by atoms with E-state index in [2.05, 4.69) is 15.1 Å². The first-order valence-electron chi connectivity index (χ1n) is 8.43. The molecule has 6 heteroatoms. The molecule has 1 N–H and O–H groups in total. The molecule has 1 aromatic heterocycles. The fraction of sp³-hybridized carbons (Fsp3) is 0.316. The van der Waals surface area contributed by atoms with Gasteiger partial charge in [0, 0.05) is 50.2 Å². The van der Waals surface area contributed by atoms with Crippen molar-refractivity contribution in [1.29, 1.82) is 0 Å². The molecule has 0 spiro atoms. The van der Waals surface area contributed by atoms with Crippen LogP contribution in [0.15, 0.2) is 47.9 Å². The van der Waals surface area contributed by atoms with Crippen LogP contribution in [0, 0.1) is 5.82 Å². The van der Waals surface area contributed by atoms with Gasteiger partial charge in [0.25, 0.3) is 0 Å². The average Bonchev–Trinajstić information content (AvgIpc) is 3.15. The van der Waals surface area contributed by atoms with Crippen molar-refractivity contribution in [1.82, 2.24) is 10.2 Å². The molecule has 1 aliphatic rings. The van der Waals surface area contributed by atoms with Crippen LogP contribution in [0.25, 0.3) is 6.08 Å². The monoisotopic (exact) mass is 359 g/mol. The van der Waals surface area contributed by atoms with Crippen molar-refractivity contribution in [2.45, 2.75) is 0 Å². The van der Waals surface area contributed by atoms with Gasteiger partial charge in [-0.25, -0.2) is 4.39 Å². The SMILES string of the molecule is O=C(/C=C/c1cccs1)NCCN1CCN(c2ccccc2F)CC1. The molecule has 0 saturated carbocycles. The Morgan fingerprint density at radius 2 is 1.96 bits per heavy atom. The molecule has 0 bridgehead atoms. The third-order valence-electron chi connectivity index (χ3n) is 4.23. The van der Waals surface area contributed by atoms with Crippen molar-refractivity contribution >= 4 is 29.0 Å². The first-order valence-corrected chi connectivity index (χ1v) is 9.31. The van der Waals surface area contributed by atoms with Gasteiger partial charge in [-0.1, -0.05) is 18.2 Å². The number of amides is 1. The van der Waals surface area contributed by atoms with Crippen LogP contribution in [0.1, 0.15) is 4.88 Å². The average molecular weight is 359 g/mol. The molecular formula is C19H22FN3OS. The van der Waals surface area contributed by atoms with Crippen molar-refractivity contribution in [2.24, 2.45) is 0 Å². The van der Waals surface area contributed by atoms with E-state index in [1.807, 2.05) is 35.7 Å². The molecule has 132 valence electrons. The molecule has 0 unspecified atom stereocenters. The van der Waals surface area contributed by atoms with Gasteiger partial charge >= 0.3 is 0 Å². The number of thiophene rings is 1. The summed E-state index contributed by atoms with van der Waals surface area (Å²) in [6, 6.07) is 10.8. The minimum absolute atomic E-state index is 0.0709. The topological polar surface area (TPSA) is 35.6 Å². The van der Waals surface area contributed by atoms with Crippen molar-refractivity contribution in [3.8, 4) is 0 Å². The Kier molecular flexibility index (Phi) is 6.19. The first-order chi connectivity index (χ1) is 12.2. The number of halogens is 1. The van der Waals surface area contributed by atoms with E-state index in [4.69, 9.17) is 0 Å². The summed E-state index contributed by atoms with van der Waals surface area (Å²) in [5, 5.41) is 4.89. The molecule has 0 atom stereocenters. The minimum atomic E-state index is -0.166. The molecule has 1 aliphatic heterocycles. The van der Waals surface area contributed by atoms with Crippen LogP contribution in [0.3, 0.4) is 0 Å². The number of anilines is 1. The number of rotatable bonds is 6. The fourth-order valence-corrected chi connectivity index (χ4v) is 3.48. The number of nitrogens with one attached hydrogen (secondary N) is 1. The van der Waals surface area contributed by atoms with E-state index >= 15 is 0 Å². The third kappa shape index (κ3) is 5.14. The van der Waals surface area contributed by atoms with Crippen LogP contribution in [-0.4, -0.2) is 50.1 Å². The maximum atomic E-state index is 13.8. The largest absolute Gasteiger partial charge is 0.367 e. The standard InChI is InChI=1S/C19H22FN3OS/c20-17-5-1-2-6-18(17)23-13-11-22(12-14-23)10-9-21-19(24)8-7-16-4-3-15-25-16/h1-8,15H,9-14H2,(H,21,24)/b8-7+. The van der Waals surface area contributed by atoms with Crippen molar-refractivity contribution in [2.75, 3.05) is 44.2 Å². The van der Waals surface area contributed by atoms with Gasteiger partial charge in [-0.2, -0.15) is 0 Å². The number of hydrogen-bond donors (Lipinski definition) is 1. The lowest BCUT2D eigenvalue weighted by Crippen LogP contribution is -2.48. The number of carbonyl (C=O) groups is 1. The Balaban J connectivity index is 1.37. The summed E-state index contributed by atoms with van der Waals surface area (Å²) in [6.07, 6.45) is 3.40. The summed E-state index contributed by atoms with van der Waals surface area (Å²) < 4.78 is 13.8. The molecular weight excluding hydrogens is 337 g/mol. The number of carbonyl (C=O) groups excluding carboxylic acids is 1. The molecule has 1 aromatic carbocycles. The lowest BCUT2D eigenvalue weighted by Gasteiger charge is -2.36. The molecule has 2 aromatic rings. The number of nitrogens with zero attached hydrogens (tertiary/aromatic N) is 2. The first kappa shape index (κ1) is 17.6. The normalized spacial score (nSPS) is 15.6. The van der Waals surface area contributed by atoms with Gasteiger partial charge < -0.3 is 10.2 Å². The number of piperazine rings is 1. The van der Waals surface area contributed by atoms with Crippen LogP contribution < -0.4 is 10.2 Å². The van der Waals surface area contributed by atoms with E-state index < -0.39 is 0 Å². The number of benzene rings is 1. The molecule has 2 heterocycles. The van der Waals surface area contributed by atoms with Gasteiger partial charge in [0.15, 0.2) is 0 Å². The highest BCUT2D eigenvalue weighted by molar-refractivity contribution is 7.10. The van der Waals surface area contributed by atoms with Crippen LogP contribution in [0.5, 0.6) is 0 Å². The molecule has 0 aliphatic carbocycles. The zero-order valence-electron chi connectivity index (χ0n) is 14.0. The van der Waals surface area contributed by atoms with Gasteiger partial charge in [-0.3, -0.25) is 9.69 Å². The molecule has 0 radical (unpaired) electrons. The van der Waals surface area contributed by atoms with Crippen molar-refractivity contribution in [3.05, 3.63) is 58.5 Å². The van der Waals surface area contributed by atoms with Gasteiger partial charge in [0.2, 0.25) is 5.91 Å². The lowest BCUT2D eigenvalue weighted by molar-refractivity contribution is -0.116. The van der Waals surface area contributed by atoms with Crippen LogP contribution in [0.4, 0.5) is 10.1 Å². The Morgan fingerprint density at radius 1 is 1.16 bits per heavy atom. The number of hydrogen-bond acceptors (Lipinski definition) is 4. The van der Waals surface area contributed by atoms with Crippen LogP contribution >= 0.6 is 11.3 Å². The second-order valence-corrected chi connectivity index (χ2v) is 6.90. The highest BCUT2D eigenvalue weighted by Gasteiger charge is 2.18. The van der Waals surface area contributed by atoms with E-state index in [-0.39, 0.29) is 11.7 Å². The summed E-state index contributed by atoms with van der Waals surface area (Å²) in [6.45, 7) is 4.77. The zero-order chi connectivity index (χ0) is 17.5. The van der Waals surface area contributed by atoms with Gasteiger partial charge in [0.05, 0.1) is 5.69 Å². The second kappa shape index (κ2) is 8.78. The lowest BCUT2D eigenvalue weighted by atomic mass is 10.2. The van der Waals surface area contributed by atoms with Crippen LogP contribution in [-0.2, 0) is 4.79 Å². The van der Waals surface area contributed by atoms with E-state index in [1.54, 1.807) is 23.5 Å².